The zero-order chi connectivity index (χ0) is 32.3. The van der Waals surface area contributed by atoms with Crippen molar-refractivity contribution in [3.63, 3.8) is 0 Å². The second kappa shape index (κ2) is 13.5. The topological polar surface area (TPSA) is 92.1 Å². The van der Waals surface area contributed by atoms with Gasteiger partial charge in [-0.3, -0.25) is 0 Å². The third-order valence-electron chi connectivity index (χ3n) is 9.86. The molecule has 2 fully saturated rings. The van der Waals surface area contributed by atoms with Crippen LogP contribution in [0, 0.1) is 11.3 Å². The Morgan fingerprint density at radius 2 is 1.72 bits per heavy atom. The highest BCUT2D eigenvalue weighted by Gasteiger charge is 2.36. The zero-order valence-corrected chi connectivity index (χ0v) is 27.3. The van der Waals surface area contributed by atoms with E-state index in [1.54, 1.807) is 4.90 Å². The predicted molar refractivity (Wildman–Crippen MR) is 185 cm³/mol. The van der Waals surface area contributed by atoms with Crippen molar-refractivity contribution in [3.05, 3.63) is 89.6 Å². The molecule has 0 radical (unpaired) electrons. The number of benzene rings is 3. The molecule has 4 heterocycles. The van der Waals surface area contributed by atoms with E-state index in [2.05, 4.69) is 82.2 Å². The van der Waals surface area contributed by atoms with Gasteiger partial charge in [-0.15, -0.1) is 0 Å². The molecule has 1 aromatic heterocycles. The molecule has 7 rings (SSSR count). The fourth-order valence-corrected chi connectivity index (χ4v) is 7.21. The summed E-state index contributed by atoms with van der Waals surface area (Å²) in [5, 5.41) is 12.2. The molecule has 0 N–H and O–H groups in total. The molecule has 0 saturated carbocycles. The molecule has 242 valence electrons. The van der Waals surface area contributed by atoms with Gasteiger partial charge in [-0.2, -0.15) is 10.2 Å². The van der Waals surface area contributed by atoms with Gasteiger partial charge >= 0.3 is 6.09 Å². The van der Waals surface area contributed by atoms with Crippen molar-refractivity contribution in [1.82, 2.24) is 19.8 Å². The van der Waals surface area contributed by atoms with E-state index in [0.29, 0.717) is 32.2 Å². The number of carbonyl (C=O) groups is 1. The summed E-state index contributed by atoms with van der Waals surface area (Å²) in [5.74, 6) is 1.71. The van der Waals surface area contributed by atoms with E-state index in [1.165, 1.54) is 22.0 Å². The molecule has 0 bridgehead atoms. The lowest BCUT2D eigenvalue weighted by Gasteiger charge is -2.42. The molecular formula is C37H42N8O2. The number of hydrogen-bond acceptors (Lipinski definition) is 9. The molecule has 2 atom stereocenters. The number of likely N-dealkylation sites (N-methyl/N-ethyl adjacent to an activating group) is 1. The molecule has 3 aromatic carbocycles. The quantitative estimate of drug-likeness (QED) is 0.278. The summed E-state index contributed by atoms with van der Waals surface area (Å²) in [6.07, 6.45) is 1.73. The van der Waals surface area contributed by atoms with Crippen molar-refractivity contribution < 1.29 is 9.53 Å². The Morgan fingerprint density at radius 1 is 0.915 bits per heavy atom. The van der Waals surface area contributed by atoms with Crippen LogP contribution in [0.3, 0.4) is 0 Å². The largest absolute Gasteiger partial charge is 0.445 e. The molecule has 0 unspecified atom stereocenters. The SMILES string of the molecule is CN(C)[C@H]1CCN(c2nc3c(c(N4CCN(C(=O)OCc5ccccc5)[C@@H](CC#N)C4)n2)CCN(c2cccc4ccccc24)C3)C1. The van der Waals surface area contributed by atoms with Crippen molar-refractivity contribution in [3.8, 4) is 6.07 Å². The Bertz CT molecular complexity index is 1770. The number of hydrogen-bond donors (Lipinski definition) is 0. The highest BCUT2D eigenvalue weighted by Crippen LogP contribution is 2.35. The lowest BCUT2D eigenvalue weighted by molar-refractivity contribution is 0.0768. The molecule has 3 aliphatic heterocycles. The molecule has 0 spiro atoms. The Hall–Kier alpha value is -4.88. The van der Waals surface area contributed by atoms with Crippen LogP contribution in [0.2, 0.25) is 0 Å². The molecular weight excluding hydrogens is 588 g/mol. The summed E-state index contributed by atoms with van der Waals surface area (Å²) >= 11 is 0. The molecule has 1 amide bonds. The van der Waals surface area contributed by atoms with Crippen molar-refractivity contribution in [2.75, 3.05) is 68.1 Å². The summed E-state index contributed by atoms with van der Waals surface area (Å²) in [4.78, 5) is 34.8. The minimum Gasteiger partial charge on any atom is -0.445 e. The van der Waals surface area contributed by atoms with Gasteiger partial charge in [-0.05, 0) is 44.0 Å². The third-order valence-corrected chi connectivity index (χ3v) is 9.86. The maximum Gasteiger partial charge on any atom is 0.410 e. The number of amides is 1. The first-order valence-electron chi connectivity index (χ1n) is 16.6. The number of ether oxygens (including phenoxy) is 1. The van der Waals surface area contributed by atoms with Crippen molar-refractivity contribution in [1.29, 1.82) is 5.26 Å². The number of nitrogens with zero attached hydrogens (tertiary/aromatic N) is 8. The monoisotopic (exact) mass is 630 g/mol. The van der Waals surface area contributed by atoms with E-state index in [0.717, 1.165) is 55.5 Å². The van der Waals surface area contributed by atoms with Crippen LogP contribution in [0.1, 0.15) is 29.7 Å². The van der Waals surface area contributed by atoms with E-state index in [9.17, 15) is 10.1 Å². The Kier molecular flexibility index (Phi) is 8.81. The van der Waals surface area contributed by atoms with Crippen molar-refractivity contribution in [2.45, 2.75) is 44.5 Å². The zero-order valence-electron chi connectivity index (χ0n) is 27.3. The lowest BCUT2D eigenvalue weighted by Crippen LogP contribution is -2.56. The summed E-state index contributed by atoms with van der Waals surface area (Å²) in [7, 11) is 4.27. The minimum atomic E-state index is -0.378. The molecule has 0 aliphatic carbocycles. The van der Waals surface area contributed by atoms with E-state index in [4.69, 9.17) is 14.7 Å². The van der Waals surface area contributed by atoms with Crippen molar-refractivity contribution >= 4 is 34.3 Å². The molecule has 3 aliphatic rings. The van der Waals surface area contributed by atoms with Crippen LogP contribution in [-0.4, -0.2) is 91.3 Å². The standard InChI is InChI=1S/C37H42N8O2/c1-41(2)29-16-19-44(23-29)36-39-33-25-42(34-14-8-12-28-11-6-7-13-31(28)34)20-17-32(33)35(40-36)43-21-22-45(30(24-43)15-18-38)37(46)47-26-27-9-4-3-5-10-27/h3-14,29-30H,15-17,19-26H2,1-2H3/t29-,30-/m0/s1. The number of piperazine rings is 1. The second-order valence-electron chi connectivity index (χ2n) is 13.0. The average molecular weight is 631 g/mol. The Balaban J connectivity index is 1.17. The van der Waals surface area contributed by atoms with Gasteiger partial charge in [0.15, 0.2) is 0 Å². The van der Waals surface area contributed by atoms with Gasteiger partial charge in [-0.1, -0.05) is 66.7 Å². The van der Waals surface area contributed by atoms with Crippen LogP contribution >= 0.6 is 0 Å². The van der Waals surface area contributed by atoms with Gasteiger partial charge in [0.05, 0.1) is 30.8 Å². The number of anilines is 3. The molecule has 10 nitrogen and oxygen atoms in total. The van der Waals surface area contributed by atoms with E-state index in [1.807, 2.05) is 30.3 Å². The summed E-state index contributed by atoms with van der Waals surface area (Å²) in [6, 6.07) is 27.2. The smallest absolute Gasteiger partial charge is 0.410 e. The van der Waals surface area contributed by atoms with Crippen LogP contribution in [0.25, 0.3) is 10.8 Å². The summed E-state index contributed by atoms with van der Waals surface area (Å²) in [5.41, 5.74) is 4.39. The van der Waals surface area contributed by atoms with E-state index >= 15 is 0 Å². The number of rotatable bonds is 7. The van der Waals surface area contributed by atoms with Gasteiger partial charge in [0, 0.05) is 61.9 Å². The van der Waals surface area contributed by atoms with Crippen LogP contribution in [0.15, 0.2) is 72.8 Å². The number of fused-ring (bicyclic) bond motifs is 2. The highest BCUT2D eigenvalue weighted by atomic mass is 16.6. The molecule has 4 aromatic rings. The van der Waals surface area contributed by atoms with Crippen LogP contribution in [0.5, 0.6) is 0 Å². The van der Waals surface area contributed by atoms with Crippen molar-refractivity contribution in [2.24, 2.45) is 0 Å². The van der Waals surface area contributed by atoms with Gasteiger partial charge in [0.1, 0.15) is 12.4 Å². The fraction of sp³-hybridized carbons (Fsp3) is 0.405. The number of nitriles is 1. The normalized spacial score (nSPS) is 19.6. The first kappa shape index (κ1) is 30.8. The molecule has 10 heteroatoms. The van der Waals surface area contributed by atoms with Crippen LogP contribution in [-0.2, 0) is 24.3 Å². The lowest BCUT2D eigenvalue weighted by atomic mass is 10.0. The average Bonchev–Trinajstić information content (AvgIpc) is 3.61. The van der Waals surface area contributed by atoms with Gasteiger partial charge in [0.25, 0.3) is 0 Å². The third kappa shape index (κ3) is 6.41. The fourth-order valence-electron chi connectivity index (χ4n) is 7.21. The van der Waals surface area contributed by atoms with Gasteiger partial charge in [-0.25, -0.2) is 9.78 Å². The maximum absolute atomic E-state index is 13.2. The number of carbonyl (C=O) groups excluding carboxylic acids is 1. The summed E-state index contributed by atoms with van der Waals surface area (Å²) < 4.78 is 5.69. The van der Waals surface area contributed by atoms with Gasteiger partial charge < -0.3 is 29.2 Å². The minimum absolute atomic E-state index is 0.207. The second-order valence-corrected chi connectivity index (χ2v) is 13.0. The van der Waals surface area contributed by atoms with E-state index in [-0.39, 0.29) is 25.2 Å². The summed E-state index contributed by atoms with van der Waals surface area (Å²) in [6.45, 7) is 5.15. The Labute approximate surface area is 276 Å². The molecule has 47 heavy (non-hydrogen) atoms. The van der Waals surface area contributed by atoms with E-state index < -0.39 is 0 Å². The predicted octanol–water partition coefficient (Wildman–Crippen LogP) is 5.07. The highest BCUT2D eigenvalue weighted by molar-refractivity contribution is 5.94. The number of aromatic nitrogens is 2. The molecule has 2 saturated heterocycles. The maximum atomic E-state index is 13.2. The first-order chi connectivity index (χ1) is 23.0. The first-order valence-corrected chi connectivity index (χ1v) is 16.6. The van der Waals surface area contributed by atoms with Gasteiger partial charge in [0.2, 0.25) is 5.95 Å². The van der Waals surface area contributed by atoms with Crippen LogP contribution < -0.4 is 14.7 Å². The van der Waals surface area contributed by atoms with Crippen LogP contribution in [0.4, 0.5) is 22.2 Å². The Morgan fingerprint density at radius 3 is 2.53 bits per heavy atom.